The second-order valence-corrected chi connectivity index (χ2v) is 13.9. The lowest BCUT2D eigenvalue weighted by atomic mass is 9.90. The van der Waals surface area contributed by atoms with Crippen LogP contribution < -0.4 is 16.6 Å². The van der Waals surface area contributed by atoms with Gasteiger partial charge in [-0.15, -0.1) is 0 Å². The number of morpholine rings is 1. The van der Waals surface area contributed by atoms with E-state index in [1.165, 1.54) is 26.3 Å². The monoisotopic (exact) mass is 677 g/mol. The highest BCUT2D eigenvalue weighted by Gasteiger charge is 2.27. The van der Waals surface area contributed by atoms with E-state index < -0.39 is 17.1 Å². The van der Waals surface area contributed by atoms with Crippen LogP contribution in [-0.2, 0) is 17.8 Å². The zero-order valence-corrected chi connectivity index (χ0v) is 28.6. The molecule has 2 N–H and O–H groups in total. The number of nitrogens with zero attached hydrogens (tertiary/aromatic N) is 4. The minimum atomic E-state index is -0.633. The van der Waals surface area contributed by atoms with Gasteiger partial charge in [-0.1, -0.05) is 56.3 Å². The number of hydrogen-bond acceptors (Lipinski definition) is 7. The van der Waals surface area contributed by atoms with E-state index in [0.29, 0.717) is 44.2 Å². The quantitative estimate of drug-likeness (QED) is 0.189. The summed E-state index contributed by atoms with van der Waals surface area (Å²) < 4.78 is 22.9. The van der Waals surface area contributed by atoms with Gasteiger partial charge < -0.3 is 15.2 Å². The van der Waals surface area contributed by atoms with Gasteiger partial charge in [-0.25, -0.2) is 18.7 Å². The average Bonchev–Trinajstić information content (AvgIpc) is 3.12. The van der Waals surface area contributed by atoms with Crippen LogP contribution in [0.3, 0.4) is 0 Å². The second kappa shape index (κ2) is 14.7. The molecular weight excluding hydrogens is 633 g/mol. The molecule has 0 amide bonds. The summed E-state index contributed by atoms with van der Waals surface area (Å²) in [6.45, 7) is 8.68. The molecule has 0 spiro atoms. The van der Waals surface area contributed by atoms with Gasteiger partial charge in [-0.05, 0) is 89.8 Å². The minimum Gasteiger partial charge on any atom is -0.508 e. The van der Waals surface area contributed by atoms with Crippen molar-refractivity contribution >= 4 is 11.0 Å². The highest BCUT2D eigenvalue weighted by molar-refractivity contribution is 5.77. The maximum Gasteiger partial charge on any atom is 0.337 e. The number of benzene rings is 3. The highest BCUT2D eigenvalue weighted by Crippen LogP contribution is 2.31. The number of ether oxygens (including phenoxy) is 1. The van der Waals surface area contributed by atoms with Crippen molar-refractivity contribution in [1.82, 2.24) is 24.3 Å². The predicted molar refractivity (Wildman–Crippen MR) is 193 cm³/mol. The number of halogens is 1. The van der Waals surface area contributed by atoms with Gasteiger partial charge in [0.25, 0.3) is 5.56 Å². The Labute approximate surface area is 291 Å². The predicted octanol–water partition coefficient (Wildman–Crippen LogP) is 6.29. The third-order valence-corrected chi connectivity index (χ3v) is 10.2. The fraction of sp³-hybridized carbons (Fsp3) is 0.375. The normalized spacial score (nSPS) is 18.6. The molecule has 9 nitrogen and oxygen atoms in total. The fourth-order valence-electron chi connectivity index (χ4n) is 7.36. The molecule has 1 aliphatic heterocycles. The van der Waals surface area contributed by atoms with E-state index in [2.05, 4.69) is 53.3 Å². The maximum absolute atomic E-state index is 14.6. The molecule has 10 heteroatoms. The number of phenols is 1. The van der Waals surface area contributed by atoms with E-state index >= 15 is 0 Å². The zero-order chi connectivity index (χ0) is 34.8. The summed E-state index contributed by atoms with van der Waals surface area (Å²) in [7, 11) is 0. The van der Waals surface area contributed by atoms with Gasteiger partial charge in [0.05, 0.1) is 30.5 Å². The van der Waals surface area contributed by atoms with Crippen LogP contribution in [-0.4, -0.2) is 56.5 Å². The van der Waals surface area contributed by atoms with E-state index in [-0.39, 0.29) is 28.9 Å². The van der Waals surface area contributed by atoms with E-state index in [1.807, 2.05) is 24.3 Å². The number of nitrogens with one attached hydrogen (secondary N) is 1. The van der Waals surface area contributed by atoms with Gasteiger partial charge in [0.15, 0.2) is 5.65 Å². The van der Waals surface area contributed by atoms with Crippen LogP contribution >= 0.6 is 0 Å². The summed E-state index contributed by atoms with van der Waals surface area (Å²) in [6, 6.07) is 22.7. The molecule has 7 rings (SSSR count). The van der Waals surface area contributed by atoms with Crippen LogP contribution in [0.25, 0.3) is 27.8 Å². The van der Waals surface area contributed by atoms with Crippen molar-refractivity contribution in [1.29, 1.82) is 0 Å². The first-order valence-electron chi connectivity index (χ1n) is 17.6. The van der Waals surface area contributed by atoms with E-state index in [0.717, 1.165) is 55.4 Å². The first-order valence-corrected chi connectivity index (χ1v) is 17.6. The number of pyridine rings is 1. The standard InChI is InChI=1S/C40H44FN5O4/c1-26(2)28-8-6-27(7-9-28)23-42-32-10-12-33(13-11-32)46-39(48)37-22-31(41)24-43-38(37)45(40(46)49)34-5-3-4-29(20-34)36-15-14-35(47)21-30(36)25-44-16-18-50-19-17-44/h3-9,14-15,20-22,24,26,32-33,42,47H,10-13,16-19,23,25H2,1-2H3. The number of rotatable bonds is 9. The summed E-state index contributed by atoms with van der Waals surface area (Å²) >= 11 is 0. The molecule has 3 heterocycles. The number of phenolic OH excluding ortho intramolecular Hbond substituents is 1. The van der Waals surface area contributed by atoms with Crippen molar-refractivity contribution in [2.75, 3.05) is 26.3 Å². The lowest BCUT2D eigenvalue weighted by Gasteiger charge is -2.30. The third kappa shape index (κ3) is 7.14. The lowest BCUT2D eigenvalue weighted by molar-refractivity contribution is 0.0342. The van der Waals surface area contributed by atoms with Crippen LogP contribution in [0.5, 0.6) is 5.75 Å². The summed E-state index contributed by atoms with van der Waals surface area (Å²) in [5.74, 6) is 0.0365. The van der Waals surface area contributed by atoms with Crippen molar-refractivity contribution in [3.8, 4) is 22.6 Å². The topological polar surface area (TPSA) is 102 Å². The smallest absolute Gasteiger partial charge is 0.337 e. The van der Waals surface area contributed by atoms with Crippen molar-refractivity contribution in [3.05, 3.63) is 122 Å². The molecule has 50 heavy (non-hydrogen) atoms. The van der Waals surface area contributed by atoms with Crippen LogP contribution in [0.2, 0.25) is 0 Å². The first kappa shape index (κ1) is 33.8. The van der Waals surface area contributed by atoms with Gasteiger partial charge in [0.2, 0.25) is 0 Å². The number of aromatic nitrogens is 3. The summed E-state index contributed by atoms with van der Waals surface area (Å²) in [5, 5.41) is 14.1. The molecule has 1 saturated heterocycles. The van der Waals surface area contributed by atoms with Crippen molar-refractivity contribution in [2.24, 2.45) is 0 Å². The largest absolute Gasteiger partial charge is 0.508 e. The highest BCUT2D eigenvalue weighted by atomic mass is 19.1. The van der Waals surface area contributed by atoms with Crippen LogP contribution in [0.4, 0.5) is 4.39 Å². The second-order valence-electron chi connectivity index (χ2n) is 13.9. The van der Waals surface area contributed by atoms with E-state index in [1.54, 1.807) is 18.2 Å². The molecule has 2 aliphatic rings. The molecule has 0 atom stereocenters. The molecule has 1 aliphatic carbocycles. The van der Waals surface area contributed by atoms with Gasteiger partial charge in [0.1, 0.15) is 11.6 Å². The van der Waals surface area contributed by atoms with Crippen molar-refractivity contribution < 1.29 is 14.2 Å². The molecule has 5 aromatic rings. The zero-order valence-electron chi connectivity index (χ0n) is 28.6. The Kier molecular flexibility index (Phi) is 9.94. The first-order chi connectivity index (χ1) is 24.2. The Morgan fingerprint density at radius 3 is 2.46 bits per heavy atom. The molecule has 0 unspecified atom stereocenters. The lowest BCUT2D eigenvalue weighted by Crippen LogP contribution is -2.44. The summed E-state index contributed by atoms with van der Waals surface area (Å²) in [4.78, 5) is 34.9. The summed E-state index contributed by atoms with van der Waals surface area (Å²) in [5.41, 5.74) is 4.89. The molecule has 3 aromatic carbocycles. The van der Waals surface area contributed by atoms with Crippen molar-refractivity contribution in [3.63, 3.8) is 0 Å². The Balaban J connectivity index is 1.19. The Morgan fingerprint density at radius 2 is 1.72 bits per heavy atom. The fourth-order valence-corrected chi connectivity index (χ4v) is 7.36. The van der Waals surface area contributed by atoms with E-state index in [4.69, 9.17) is 4.74 Å². The molecule has 260 valence electrons. The third-order valence-electron chi connectivity index (χ3n) is 10.2. The molecule has 0 bridgehead atoms. The molecule has 1 saturated carbocycles. The van der Waals surface area contributed by atoms with Gasteiger partial charge in [-0.2, -0.15) is 0 Å². The van der Waals surface area contributed by atoms with Crippen LogP contribution in [0.1, 0.15) is 68.2 Å². The SMILES string of the molecule is CC(C)c1ccc(CNC2CCC(n3c(=O)c4cc(F)cnc4n(-c4cccc(-c5ccc(O)cc5CN5CCOCC5)c4)c3=O)CC2)cc1. The molecule has 2 fully saturated rings. The number of hydrogen-bond donors (Lipinski definition) is 2. The Morgan fingerprint density at radius 1 is 0.960 bits per heavy atom. The van der Waals surface area contributed by atoms with Crippen LogP contribution in [0, 0.1) is 5.82 Å². The maximum atomic E-state index is 14.6. The summed E-state index contributed by atoms with van der Waals surface area (Å²) in [6.07, 6.45) is 3.95. The molecular formula is C40H44FN5O4. The minimum absolute atomic E-state index is 0.0673. The van der Waals surface area contributed by atoms with Crippen molar-refractivity contribution in [2.45, 2.75) is 70.6 Å². The molecule has 2 aromatic heterocycles. The Hall–Kier alpha value is -4.64. The number of aromatic hydroxyl groups is 1. The Bertz CT molecular complexity index is 2090. The van der Waals surface area contributed by atoms with Gasteiger partial charge in [0, 0.05) is 38.3 Å². The van der Waals surface area contributed by atoms with E-state index in [9.17, 15) is 19.1 Å². The van der Waals surface area contributed by atoms with Gasteiger partial charge in [-0.3, -0.25) is 14.3 Å². The van der Waals surface area contributed by atoms with Crippen LogP contribution in [0.15, 0.2) is 88.6 Å². The number of fused-ring (bicyclic) bond motifs is 1. The molecule has 0 radical (unpaired) electrons. The average molecular weight is 678 g/mol. The van der Waals surface area contributed by atoms with Gasteiger partial charge >= 0.3 is 5.69 Å².